The minimum Gasteiger partial charge on any atom is -0.341 e. The summed E-state index contributed by atoms with van der Waals surface area (Å²) >= 11 is 2.89. The van der Waals surface area contributed by atoms with Gasteiger partial charge in [-0.3, -0.25) is 9.59 Å². The van der Waals surface area contributed by atoms with Crippen LogP contribution in [0.5, 0.6) is 0 Å². The standard InChI is InChI=1S/C11H14N2O2S2/c1-8(14)17-9-6-11(15)13(7-9)4-2-10-12-3-5-16-10/h3,5,9H,2,4,6-7H2,1H3. The molecule has 92 valence electrons. The summed E-state index contributed by atoms with van der Waals surface area (Å²) < 4.78 is 0. The van der Waals surface area contributed by atoms with Gasteiger partial charge in [-0.05, 0) is 0 Å². The summed E-state index contributed by atoms with van der Waals surface area (Å²) in [4.78, 5) is 28.7. The van der Waals surface area contributed by atoms with E-state index in [0.29, 0.717) is 19.5 Å². The number of rotatable bonds is 4. The van der Waals surface area contributed by atoms with E-state index in [1.165, 1.54) is 11.8 Å². The SMILES string of the molecule is CC(=O)SC1CC(=O)N(CCc2nccs2)C1. The molecule has 1 aromatic heterocycles. The topological polar surface area (TPSA) is 50.3 Å². The number of likely N-dealkylation sites (tertiary alicyclic amines) is 1. The molecule has 1 atom stereocenters. The van der Waals surface area contributed by atoms with E-state index in [0.717, 1.165) is 11.4 Å². The Labute approximate surface area is 108 Å². The Morgan fingerprint density at radius 2 is 2.53 bits per heavy atom. The van der Waals surface area contributed by atoms with Gasteiger partial charge >= 0.3 is 0 Å². The molecular weight excluding hydrogens is 256 g/mol. The van der Waals surface area contributed by atoms with Gasteiger partial charge in [0.25, 0.3) is 0 Å². The van der Waals surface area contributed by atoms with Crippen molar-refractivity contribution in [3.8, 4) is 0 Å². The fourth-order valence-electron chi connectivity index (χ4n) is 1.87. The predicted octanol–water partition coefficient (Wildman–Crippen LogP) is 1.57. The third-order valence-electron chi connectivity index (χ3n) is 2.59. The average molecular weight is 270 g/mol. The number of thioether (sulfide) groups is 1. The van der Waals surface area contributed by atoms with Crippen molar-refractivity contribution < 1.29 is 9.59 Å². The number of aromatic nitrogens is 1. The zero-order valence-electron chi connectivity index (χ0n) is 9.59. The lowest BCUT2D eigenvalue weighted by Gasteiger charge is -2.15. The Morgan fingerprint density at radius 3 is 3.18 bits per heavy atom. The molecule has 2 heterocycles. The summed E-state index contributed by atoms with van der Waals surface area (Å²) in [5, 5.41) is 3.22. The van der Waals surface area contributed by atoms with Crippen LogP contribution in [0.1, 0.15) is 18.4 Å². The second-order valence-electron chi connectivity index (χ2n) is 3.95. The van der Waals surface area contributed by atoms with E-state index >= 15 is 0 Å². The minimum atomic E-state index is 0.0876. The van der Waals surface area contributed by atoms with Gasteiger partial charge in [0.2, 0.25) is 5.91 Å². The van der Waals surface area contributed by atoms with Gasteiger partial charge in [-0.1, -0.05) is 11.8 Å². The van der Waals surface area contributed by atoms with Crippen LogP contribution < -0.4 is 0 Å². The lowest BCUT2D eigenvalue weighted by Crippen LogP contribution is -2.27. The number of amides is 1. The Bertz CT molecular complexity index is 406. The van der Waals surface area contributed by atoms with Crippen LogP contribution in [0.15, 0.2) is 11.6 Å². The van der Waals surface area contributed by atoms with Crippen molar-refractivity contribution >= 4 is 34.1 Å². The third-order valence-corrected chi connectivity index (χ3v) is 4.41. The molecule has 0 spiro atoms. The summed E-state index contributed by atoms with van der Waals surface area (Å²) in [5.74, 6) is 0.153. The van der Waals surface area contributed by atoms with Gasteiger partial charge in [0.1, 0.15) is 0 Å². The van der Waals surface area contributed by atoms with Gasteiger partial charge < -0.3 is 4.90 Å². The quantitative estimate of drug-likeness (QED) is 0.833. The first-order valence-electron chi connectivity index (χ1n) is 5.48. The Balaban J connectivity index is 1.82. The molecular formula is C11H14N2O2S2. The lowest BCUT2D eigenvalue weighted by atomic mass is 10.4. The highest BCUT2D eigenvalue weighted by Gasteiger charge is 2.30. The van der Waals surface area contributed by atoms with Gasteiger partial charge in [0.05, 0.1) is 5.01 Å². The molecule has 2 rings (SSSR count). The van der Waals surface area contributed by atoms with E-state index in [4.69, 9.17) is 0 Å². The Morgan fingerprint density at radius 1 is 1.71 bits per heavy atom. The highest BCUT2D eigenvalue weighted by molar-refractivity contribution is 8.14. The zero-order valence-corrected chi connectivity index (χ0v) is 11.2. The smallest absolute Gasteiger partial charge is 0.223 e. The minimum absolute atomic E-state index is 0.0876. The van der Waals surface area contributed by atoms with Gasteiger partial charge in [-0.15, -0.1) is 11.3 Å². The van der Waals surface area contributed by atoms with E-state index in [-0.39, 0.29) is 16.3 Å². The number of carbonyl (C=O) groups is 2. The van der Waals surface area contributed by atoms with Crippen LogP contribution in [0.3, 0.4) is 0 Å². The molecule has 0 saturated carbocycles. The molecule has 1 amide bonds. The molecule has 1 saturated heterocycles. The third kappa shape index (κ3) is 3.54. The monoisotopic (exact) mass is 270 g/mol. The van der Waals surface area contributed by atoms with E-state index in [1.54, 1.807) is 24.5 Å². The maximum atomic E-state index is 11.7. The molecule has 1 aromatic rings. The molecule has 4 nitrogen and oxygen atoms in total. The molecule has 0 radical (unpaired) electrons. The number of thiazole rings is 1. The fourth-order valence-corrected chi connectivity index (χ4v) is 3.43. The molecule has 0 bridgehead atoms. The predicted molar refractivity (Wildman–Crippen MR) is 69.1 cm³/mol. The zero-order chi connectivity index (χ0) is 12.3. The maximum Gasteiger partial charge on any atom is 0.223 e. The van der Waals surface area contributed by atoms with Crippen LogP contribution >= 0.6 is 23.1 Å². The molecule has 6 heteroatoms. The first-order chi connectivity index (χ1) is 8.15. The van der Waals surface area contributed by atoms with Crippen molar-refractivity contribution in [1.82, 2.24) is 9.88 Å². The van der Waals surface area contributed by atoms with Gasteiger partial charge in [-0.2, -0.15) is 0 Å². The van der Waals surface area contributed by atoms with E-state index in [2.05, 4.69) is 4.98 Å². The first-order valence-corrected chi connectivity index (χ1v) is 7.24. The van der Waals surface area contributed by atoms with E-state index in [1.807, 2.05) is 10.3 Å². The molecule has 0 N–H and O–H groups in total. The lowest BCUT2D eigenvalue weighted by molar-refractivity contribution is -0.127. The van der Waals surface area contributed by atoms with Gasteiger partial charge in [0, 0.05) is 49.7 Å². The molecule has 0 aliphatic carbocycles. The first kappa shape index (κ1) is 12.6. The number of carbonyl (C=O) groups excluding carboxylic acids is 2. The van der Waals surface area contributed by atoms with Gasteiger partial charge in [0.15, 0.2) is 5.12 Å². The van der Waals surface area contributed by atoms with Crippen LogP contribution in [0.2, 0.25) is 0 Å². The number of hydrogen-bond donors (Lipinski definition) is 0. The van der Waals surface area contributed by atoms with E-state index in [9.17, 15) is 9.59 Å². The largest absolute Gasteiger partial charge is 0.341 e. The van der Waals surface area contributed by atoms with Crippen molar-refractivity contribution in [3.05, 3.63) is 16.6 Å². The van der Waals surface area contributed by atoms with Crippen LogP contribution in [0.25, 0.3) is 0 Å². The van der Waals surface area contributed by atoms with Crippen molar-refractivity contribution in [2.75, 3.05) is 13.1 Å². The summed E-state index contributed by atoms with van der Waals surface area (Å²) in [6, 6.07) is 0. The molecule has 1 aliphatic heterocycles. The van der Waals surface area contributed by atoms with Gasteiger partial charge in [-0.25, -0.2) is 4.98 Å². The normalized spacial score (nSPS) is 19.9. The summed E-state index contributed by atoms with van der Waals surface area (Å²) in [6.45, 7) is 2.95. The number of hydrogen-bond acceptors (Lipinski definition) is 5. The summed E-state index contributed by atoms with van der Waals surface area (Å²) in [6.07, 6.45) is 3.07. The Kier molecular flexibility index (Phi) is 4.17. The second-order valence-corrected chi connectivity index (χ2v) is 6.41. The molecule has 1 fully saturated rings. The highest BCUT2D eigenvalue weighted by Crippen LogP contribution is 2.24. The molecule has 17 heavy (non-hydrogen) atoms. The highest BCUT2D eigenvalue weighted by atomic mass is 32.2. The number of nitrogens with zero attached hydrogens (tertiary/aromatic N) is 2. The van der Waals surface area contributed by atoms with Crippen molar-refractivity contribution in [2.24, 2.45) is 0 Å². The van der Waals surface area contributed by atoms with E-state index < -0.39 is 0 Å². The molecule has 1 unspecified atom stereocenters. The van der Waals surface area contributed by atoms with Crippen molar-refractivity contribution in [1.29, 1.82) is 0 Å². The van der Waals surface area contributed by atoms with Crippen molar-refractivity contribution in [2.45, 2.75) is 25.0 Å². The Hall–Kier alpha value is -0.880. The van der Waals surface area contributed by atoms with Crippen LogP contribution in [0.4, 0.5) is 0 Å². The van der Waals surface area contributed by atoms with Crippen molar-refractivity contribution in [3.63, 3.8) is 0 Å². The van der Waals surface area contributed by atoms with Crippen LogP contribution in [-0.2, 0) is 16.0 Å². The summed E-state index contributed by atoms with van der Waals surface area (Å²) in [5.41, 5.74) is 0. The molecule has 1 aliphatic rings. The molecule has 0 aromatic carbocycles. The van der Waals surface area contributed by atoms with Crippen LogP contribution in [0, 0.1) is 0 Å². The second kappa shape index (κ2) is 5.64. The van der Waals surface area contributed by atoms with Crippen LogP contribution in [-0.4, -0.2) is 39.2 Å². The average Bonchev–Trinajstić information content (AvgIpc) is 2.84. The fraction of sp³-hybridized carbons (Fsp3) is 0.545. The summed E-state index contributed by atoms with van der Waals surface area (Å²) in [7, 11) is 0. The maximum absolute atomic E-state index is 11.7.